The molecule has 1 amide bonds. The molecule has 1 aliphatic heterocycles. The van der Waals surface area contributed by atoms with E-state index in [9.17, 15) is 20.1 Å². The van der Waals surface area contributed by atoms with E-state index >= 15 is 0 Å². The molecular weight excluding hydrogens is 368 g/mol. The summed E-state index contributed by atoms with van der Waals surface area (Å²) in [5.41, 5.74) is 0.221. The first-order valence-electron chi connectivity index (χ1n) is 7.90. The number of phenolic OH excluding ortho intramolecular Hbond substituents is 1. The molecule has 1 aliphatic rings. The highest BCUT2D eigenvalue weighted by Crippen LogP contribution is 2.28. The molecule has 1 aromatic rings. The highest BCUT2D eigenvalue weighted by molar-refractivity contribution is 6.31. The average Bonchev–Trinajstić information content (AvgIpc) is 3.01. The Morgan fingerprint density at radius 1 is 1.35 bits per heavy atom. The molecular formula is C16H21ClN2O7. The summed E-state index contributed by atoms with van der Waals surface area (Å²) in [6.07, 6.45) is -4.16. The molecule has 0 aromatic heterocycles. The Morgan fingerprint density at radius 3 is 2.62 bits per heavy atom. The molecule has 26 heavy (non-hydrogen) atoms. The van der Waals surface area contributed by atoms with Gasteiger partial charge in [0, 0.05) is 5.02 Å². The Kier molecular flexibility index (Phi) is 6.79. The number of aliphatic hydroxyl groups excluding tert-OH is 4. The molecule has 0 bridgehead atoms. The average molecular weight is 389 g/mol. The lowest BCUT2D eigenvalue weighted by Crippen LogP contribution is -2.52. The fraction of sp³-hybridized carbons (Fsp3) is 0.500. The maximum atomic E-state index is 11.9. The normalized spacial score (nSPS) is 21.9. The van der Waals surface area contributed by atoms with E-state index in [0.717, 1.165) is 0 Å². The third-order valence-corrected chi connectivity index (χ3v) is 4.20. The number of carbonyl (C=O) groups is 1. The molecule has 6 N–H and O–H groups in total. The molecule has 2 rings (SSSR count). The minimum absolute atomic E-state index is 0.0257. The molecule has 0 aliphatic carbocycles. The number of carbonyl (C=O) groups excluding carboxylic acids is 1. The lowest BCUT2D eigenvalue weighted by Gasteiger charge is -2.24. The molecule has 0 unspecified atom stereocenters. The molecule has 0 fully saturated rings. The third kappa shape index (κ3) is 4.43. The van der Waals surface area contributed by atoms with Crippen molar-refractivity contribution < 1.29 is 35.1 Å². The first-order valence-corrected chi connectivity index (χ1v) is 8.27. The Labute approximate surface area is 154 Å². The van der Waals surface area contributed by atoms with E-state index in [1.165, 1.54) is 18.2 Å². The number of nitrogens with zero attached hydrogens (tertiary/aromatic N) is 1. The van der Waals surface area contributed by atoms with Crippen LogP contribution >= 0.6 is 11.6 Å². The largest absolute Gasteiger partial charge is 0.507 e. The maximum absolute atomic E-state index is 11.9. The number of aliphatic hydroxyl groups is 4. The van der Waals surface area contributed by atoms with Gasteiger partial charge in [0.25, 0.3) is 5.91 Å². The van der Waals surface area contributed by atoms with Gasteiger partial charge in [-0.2, -0.15) is 0 Å². The lowest BCUT2D eigenvalue weighted by molar-refractivity contribution is -0.138. The smallest absolute Gasteiger partial charge is 0.252 e. The van der Waals surface area contributed by atoms with Crippen LogP contribution in [-0.2, 0) is 9.53 Å². The molecule has 0 radical (unpaired) electrons. The van der Waals surface area contributed by atoms with Gasteiger partial charge in [-0.05, 0) is 25.1 Å². The van der Waals surface area contributed by atoms with Crippen molar-refractivity contribution >= 4 is 23.4 Å². The minimum atomic E-state index is -1.86. The highest BCUT2D eigenvalue weighted by atomic mass is 35.5. The van der Waals surface area contributed by atoms with Crippen molar-refractivity contribution in [3.05, 3.63) is 28.8 Å². The van der Waals surface area contributed by atoms with Crippen LogP contribution in [0.15, 0.2) is 23.2 Å². The lowest BCUT2D eigenvalue weighted by atomic mass is 10.0. The second-order valence-corrected chi connectivity index (χ2v) is 6.35. The number of amides is 1. The van der Waals surface area contributed by atoms with Crippen molar-refractivity contribution in [2.45, 2.75) is 37.3 Å². The van der Waals surface area contributed by atoms with Gasteiger partial charge in [0.1, 0.15) is 24.0 Å². The summed E-state index contributed by atoms with van der Waals surface area (Å²) < 4.78 is 5.52. The van der Waals surface area contributed by atoms with E-state index < -0.39 is 49.5 Å². The summed E-state index contributed by atoms with van der Waals surface area (Å²) in [5.74, 6) is -1.06. The van der Waals surface area contributed by atoms with Crippen molar-refractivity contribution in [3.63, 3.8) is 0 Å². The molecule has 144 valence electrons. The van der Waals surface area contributed by atoms with Crippen molar-refractivity contribution in [1.29, 1.82) is 0 Å². The number of rotatable bonds is 7. The van der Waals surface area contributed by atoms with Crippen LogP contribution in [0.25, 0.3) is 0 Å². The quantitative estimate of drug-likeness (QED) is 0.342. The van der Waals surface area contributed by atoms with E-state index in [0.29, 0.717) is 5.02 Å². The second kappa shape index (κ2) is 8.65. The SMILES string of the molecule is C[C@H]1OC(c2cc(Cl)ccc2O)=N[C@@H]1[C@@H](O)[C@@H](O)C(=O)NC(CO)CO. The zero-order valence-corrected chi connectivity index (χ0v) is 14.7. The number of phenols is 1. The Morgan fingerprint density at radius 2 is 2.00 bits per heavy atom. The first-order chi connectivity index (χ1) is 12.3. The van der Waals surface area contributed by atoms with Gasteiger partial charge < -0.3 is 35.6 Å². The zero-order valence-electron chi connectivity index (χ0n) is 13.9. The topological polar surface area (TPSA) is 152 Å². The molecule has 10 heteroatoms. The van der Waals surface area contributed by atoms with Crippen LogP contribution in [0.5, 0.6) is 5.75 Å². The number of hydrogen-bond acceptors (Lipinski definition) is 8. The van der Waals surface area contributed by atoms with E-state index in [1.54, 1.807) is 6.92 Å². The van der Waals surface area contributed by atoms with Gasteiger partial charge in [-0.25, -0.2) is 4.99 Å². The molecule has 0 spiro atoms. The van der Waals surface area contributed by atoms with Gasteiger partial charge in [-0.15, -0.1) is 0 Å². The monoisotopic (exact) mass is 388 g/mol. The first kappa shape index (κ1) is 20.4. The predicted molar refractivity (Wildman–Crippen MR) is 92.1 cm³/mol. The molecule has 4 atom stereocenters. The van der Waals surface area contributed by atoms with Crippen LogP contribution in [0.1, 0.15) is 12.5 Å². The fourth-order valence-electron chi connectivity index (χ4n) is 2.46. The van der Waals surface area contributed by atoms with Crippen molar-refractivity contribution in [3.8, 4) is 5.75 Å². The van der Waals surface area contributed by atoms with Crippen LogP contribution in [0.3, 0.4) is 0 Å². The zero-order chi connectivity index (χ0) is 19.4. The summed E-state index contributed by atoms with van der Waals surface area (Å²) in [5, 5.41) is 50.7. The second-order valence-electron chi connectivity index (χ2n) is 5.92. The molecule has 0 saturated carbocycles. The molecule has 1 heterocycles. The Hall–Kier alpha value is -1.91. The predicted octanol–water partition coefficient (Wildman–Crippen LogP) is -1.23. The third-order valence-electron chi connectivity index (χ3n) is 3.96. The van der Waals surface area contributed by atoms with E-state index in [1.807, 2.05) is 0 Å². The van der Waals surface area contributed by atoms with Crippen LogP contribution in [0, 0.1) is 0 Å². The van der Waals surface area contributed by atoms with Crippen LogP contribution < -0.4 is 5.32 Å². The van der Waals surface area contributed by atoms with Crippen molar-refractivity contribution in [2.75, 3.05) is 13.2 Å². The van der Waals surface area contributed by atoms with Crippen molar-refractivity contribution in [2.24, 2.45) is 4.99 Å². The molecule has 0 saturated heterocycles. The summed E-state index contributed by atoms with van der Waals surface area (Å²) in [7, 11) is 0. The fourth-order valence-corrected chi connectivity index (χ4v) is 2.63. The summed E-state index contributed by atoms with van der Waals surface area (Å²) in [6.45, 7) is 0.537. The molecule has 9 nitrogen and oxygen atoms in total. The van der Waals surface area contributed by atoms with Gasteiger partial charge in [0.05, 0.1) is 24.8 Å². The van der Waals surface area contributed by atoms with E-state index in [-0.39, 0.29) is 17.2 Å². The Bertz CT molecular complexity index is 681. The van der Waals surface area contributed by atoms with Gasteiger partial charge in [-0.3, -0.25) is 4.79 Å². The maximum Gasteiger partial charge on any atom is 0.252 e. The number of hydrogen-bond donors (Lipinski definition) is 6. The van der Waals surface area contributed by atoms with Crippen LogP contribution in [0.4, 0.5) is 0 Å². The Balaban J connectivity index is 2.15. The number of ether oxygens (including phenoxy) is 1. The van der Waals surface area contributed by atoms with E-state index in [2.05, 4.69) is 10.3 Å². The van der Waals surface area contributed by atoms with Gasteiger partial charge in [0.15, 0.2) is 6.10 Å². The van der Waals surface area contributed by atoms with E-state index in [4.69, 9.17) is 26.6 Å². The summed E-state index contributed by atoms with van der Waals surface area (Å²) in [6, 6.07) is 2.35. The van der Waals surface area contributed by atoms with Crippen molar-refractivity contribution in [1.82, 2.24) is 5.32 Å². The van der Waals surface area contributed by atoms with Crippen LogP contribution in [-0.4, -0.2) is 80.9 Å². The number of aromatic hydroxyl groups is 1. The van der Waals surface area contributed by atoms with Gasteiger partial charge >= 0.3 is 0 Å². The number of nitrogens with one attached hydrogen (secondary N) is 1. The standard InChI is InChI=1S/C16H21ClN2O7/c1-7-12(13(23)14(24)15(25)18-9(5-20)6-21)19-16(26-7)10-4-8(17)2-3-11(10)22/h2-4,7,9,12-14,20-24H,5-6H2,1H3,(H,18,25)/t7-,12+,13-,14-/m1/s1. The van der Waals surface area contributed by atoms with Gasteiger partial charge in [0.2, 0.25) is 5.90 Å². The number of benzene rings is 1. The number of halogens is 1. The van der Waals surface area contributed by atoms with Gasteiger partial charge in [-0.1, -0.05) is 11.6 Å². The summed E-state index contributed by atoms with van der Waals surface area (Å²) in [4.78, 5) is 16.1. The van der Waals surface area contributed by atoms with Crippen LogP contribution in [0.2, 0.25) is 5.02 Å². The molecule has 1 aromatic carbocycles. The number of aliphatic imine (C=N–C) groups is 1. The summed E-state index contributed by atoms with van der Waals surface area (Å²) >= 11 is 5.89. The highest BCUT2D eigenvalue weighted by Gasteiger charge is 2.40. The minimum Gasteiger partial charge on any atom is -0.507 e.